The Bertz CT molecular complexity index is 508. The zero-order valence-corrected chi connectivity index (χ0v) is 14.0. The molecule has 2 nitrogen and oxygen atoms in total. The molecule has 21 heavy (non-hydrogen) atoms. The Kier molecular flexibility index (Phi) is 3.02. The molecule has 4 fully saturated rings. The van der Waals surface area contributed by atoms with Gasteiger partial charge in [0.25, 0.3) is 0 Å². The molecule has 6 rings (SSSR count). The third-order valence-corrected chi connectivity index (χ3v) is 8.84. The molecule has 1 N–H and O–H groups in total. The fourth-order valence-electron chi connectivity index (χ4n) is 5.83. The molecule has 0 amide bonds. The SMILES string of the molecule is [O-][S+]1Cc2cc(CNC34CC5CC(CC(C5)C3)C4)sc2C1. The van der Waals surface area contributed by atoms with E-state index in [4.69, 9.17) is 0 Å². The predicted molar refractivity (Wildman–Crippen MR) is 87.6 cm³/mol. The number of rotatable bonds is 3. The highest BCUT2D eigenvalue weighted by Gasteiger charge is 2.50. The van der Waals surface area contributed by atoms with Gasteiger partial charge in [-0.1, -0.05) is 0 Å². The molecule has 1 atom stereocenters. The lowest BCUT2D eigenvalue weighted by molar-refractivity contribution is -0.0204. The second-order valence-corrected chi connectivity index (χ2v) is 10.6. The van der Waals surface area contributed by atoms with E-state index in [1.165, 1.54) is 53.8 Å². The van der Waals surface area contributed by atoms with Gasteiger partial charge in [0.2, 0.25) is 0 Å². The first-order valence-electron chi connectivity index (χ1n) is 8.38. The summed E-state index contributed by atoms with van der Waals surface area (Å²) in [5.74, 6) is 4.64. The van der Waals surface area contributed by atoms with E-state index in [2.05, 4.69) is 11.4 Å². The topological polar surface area (TPSA) is 35.1 Å². The first-order chi connectivity index (χ1) is 10.2. The van der Waals surface area contributed by atoms with Crippen LogP contribution in [0.5, 0.6) is 0 Å². The molecule has 114 valence electrons. The highest BCUT2D eigenvalue weighted by Crippen LogP contribution is 2.55. The van der Waals surface area contributed by atoms with E-state index in [-0.39, 0.29) is 0 Å². The van der Waals surface area contributed by atoms with Gasteiger partial charge in [-0.2, -0.15) is 0 Å². The van der Waals surface area contributed by atoms with Crippen LogP contribution < -0.4 is 5.32 Å². The monoisotopic (exact) mass is 321 g/mol. The largest absolute Gasteiger partial charge is 0.616 e. The van der Waals surface area contributed by atoms with Crippen molar-refractivity contribution in [1.29, 1.82) is 0 Å². The van der Waals surface area contributed by atoms with Crippen LogP contribution in [0.1, 0.15) is 53.8 Å². The van der Waals surface area contributed by atoms with Crippen LogP contribution in [0.25, 0.3) is 0 Å². The van der Waals surface area contributed by atoms with Gasteiger partial charge in [0.15, 0.2) is 0 Å². The smallest absolute Gasteiger partial charge is 0.140 e. The molecule has 4 saturated carbocycles. The highest BCUT2D eigenvalue weighted by molar-refractivity contribution is 7.90. The first-order valence-corrected chi connectivity index (χ1v) is 10.7. The molecule has 0 spiro atoms. The van der Waals surface area contributed by atoms with E-state index in [0.29, 0.717) is 5.54 Å². The summed E-state index contributed by atoms with van der Waals surface area (Å²) in [5.41, 5.74) is 1.83. The van der Waals surface area contributed by atoms with E-state index < -0.39 is 11.2 Å². The summed E-state index contributed by atoms with van der Waals surface area (Å²) in [4.78, 5) is 2.85. The molecule has 5 aliphatic rings. The van der Waals surface area contributed by atoms with E-state index >= 15 is 0 Å². The third-order valence-electron chi connectivity index (χ3n) is 6.23. The maximum atomic E-state index is 11.6. The zero-order chi connectivity index (χ0) is 14.0. The molecule has 0 aromatic carbocycles. The summed E-state index contributed by atoms with van der Waals surface area (Å²) in [6, 6.07) is 2.32. The Hall–Kier alpha value is -0.0300. The van der Waals surface area contributed by atoms with Gasteiger partial charge in [-0.15, -0.1) is 11.3 Å². The van der Waals surface area contributed by atoms with Gasteiger partial charge in [-0.25, -0.2) is 0 Å². The molecule has 0 radical (unpaired) electrons. The fourth-order valence-corrected chi connectivity index (χ4v) is 8.66. The van der Waals surface area contributed by atoms with Crippen molar-refractivity contribution in [1.82, 2.24) is 5.32 Å². The predicted octanol–water partition coefficient (Wildman–Crippen LogP) is 3.57. The van der Waals surface area contributed by atoms with Crippen molar-refractivity contribution in [2.75, 3.05) is 0 Å². The molecule has 1 unspecified atom stereocenters. The summed E-state index contributed by atoms with van der Waals surface area (Å²) >= 11 is 1.28. The number of thiophene rings is 1. The number of hydrogen-bond donors (Lipinski definition) is 1. The van der Waals surface area contributed by atoms with Crippen molar-refractivity contribution in [3.05, 3.63) is 21.4 Å². The van der Waals surface area contributed by atoms with Crippen LogP contribution in [0.3, 0.4) is 0 Å². The third kappa shape index (κ3) is 2.30. The Morgan fingerprint density at radius 1 is 1.14 bits per heavy atom. The minimum Gasteiger partial charge on any atom is -0.616 e. The normalized spacial score (nSPS) is 43.5. The van der Waals surface area contributed by atoms with Gasteiger partial charge >= 0.3 is 0 Å². The Morgan fingerprint density at radius 2 is 1.81 bits per heavy atom. The number of fused-ring (bicyclic) bond motifs is 1. The summed E-state index contributed by atoms with van der Waals surface area (Å²) in [6.45, 7) is 1.04. The minimum atomic E-state index is -0.619. The van der Waals surface area contributed by atoms with E-state index in [0.717, 1.165) is 35.8 Å². The molecule has 1 aromatic heterocycles. The van der Waals surface area contributed by atoms with Crippen LogP contribution in [0.2, 0.25) is 0 Å². The van der Waals surface area contributed by atoms with Crippen molar-refractivity contribution in [2.24, 2.45) is 17.8 Å². The van der Waals surface area contributed by atoms with Crippen molar-refractivity contribution >= 4 is 22.5 Å². The maximum absolute atomic E-state index is 11.6. The van der Waals surface area contributed by atoms with Gasteiger partial charge in [-0.3, -0.25) is 0 Å². The molecule has 2 heterocycles. The van der Waals surface area contributed by atoms with E-state index in [1.54, 1.807) is 0 Å². The minimum absolute atomic E-state index is 0.464. The lowest BCUT2D eigenvalue weighted by Gasteiger charge is -2.57. The second-order valence-electron chi connectivity index (χ2n) is 7.94. The number of nitrogens with one attached hydrogen (secondary N) is 1. The quantitative estimate of drug-likeness (QED) is 0.864. The summed E-state index contributed by atoms with van der Waals surface area (Å²) in [5, 5.41) is 3.98. The summed E-state index contributed by atoms with van der Waals surface area (Å²) in [7, 11) is 0. The zero-order valence-electron chi connectivity index (χ0n) is 12.4. The average Bonchev–Trinajstić information content (AvgIpc) is 2.91. The van der Waals surface area contributed by atoms with Gasteiger partial charge in [0, 0.05) is 22.5 Å². The lowest BCUT2D eigenvalue weighted by atomic mass is 9.53. The van der Waals surface area contributed by atoms with Crippen LogP contribution in [-0.4, -0.2) is 10.1 Å². The van der Waals surface area contributed by atoms with Crippen LogP contribution in [-0.2, 0) is 29.2 Å². The second kappa shape index (κ2) is 4.73. The summed E-state index contributed by atoms with van der Waals surface area (Å²) < 4.78 is 11.6. The van der Waals surface area contributed by atoms with Crippen LogP contribution in [0.15, 0.2) is 6.07 Å². The summed E-state index contributed by atoms with van der Waals surface area (Å²) in [6.07, 6.45) is 8.82. The maximum Gasteiger partial charge on any atom is 0.140 e. The van der Waals surface area contributed by atoms with Crippen LogP contribution >= 0.6 is 11.3 Å². The number of hydrogen-bond acceptors (Lipinski definition) is 3. The Balaban J connectivity index is 1.29. The Labute approximate surface area is 133 Å². The molecular formula is C17H23NOS2. The van der Waals surface area contributed by atoms with Gasteiger partial charge < -0.3 is 9.87 Å². The molecule has 4 heteroatoms. The molecule has 0 saturated heterocycles. The van der Waals surface area contributed by atoms with Crippen molar-refractivity contribution in [3.8, 4) is 0 Å². The average molecular weight is 322 g/mol. The van der Waals surface area contributed by atoms with E-state index in [9.17, 15) is 4.55 Å². The molecular weight excluding hydrogens is 298 g/mol. The molecule has 1 aromatic rings. The Morgan fingerprint density at radius 3 is 2.43 bits per heavy atom. The van der Waals surface area contributed by atoms with Crippen LogP contribution in [0, 0.1) is 17.8 Å². The lowest BCUT2D eigenvalue weighted by Crippen LogP contribution is -2.58. The van der Waals surface area contributed by atoms with Gasteiger partial charge in [-0.05, 0) is 73.5 Å². The fraction of sp³-hybridized carbons (Fsp3) is 0.765. The highest BCUT2D eigenvalue weighted by atomic mass is 32.2. The van der Waals surface area contributed by atoms with E-state index in [1.807, 2.05) is 11.3 Å². The van der Waals surface area contributed by atoms with Crippen molar-refractivity contribution < 1.29 is 4.55 Å². The van der Waals surface area contributed by atoms with Crippen molar-refractivity contribution in [2.45, 2.75) is 62.1 Å². The molecule has 1 aliphatic heterocycles. The van der Waals surface area contributed by atoms with Crippen LogP contribution in [0.4, 0.5) is 0 Å². The standard InChI is InChI=1S/C17H23NOS2/c19-21-9-14-4-15(20-16(14)10-21)8-18-17-5-11-1-12(6-17)3-13(2-11)7-17/h4,11-13,18H,1-3,5-10H2. The molecule has 4 aliphatic carbocycles. The van der Waals surface area contributed by atoms with Crippen molar-refractivity contribution in [3.63, 3.8) is 0 Å². The first kappa shape index (κ1) is 13.4. The van der Waals surface area contributed by atoms with Gasteiger partial charge in [0.05, 0.1) is 4.88 Å². The van der Waals surface area contributed by atoms with Gasteiger partial charge in [0.1, 0.15) is 11.5 Å². The molecule has 4 bridgehead atoms.